The Kier molecular flexibility index (Phi) is 6.94. The van der Waals surface area contributed by atoms with Crippen molar-refractivity contribution >= 4 is 29.4 Å². The third kappa shape index (κ3) is 5.43. The number of halogens is 1. The zero-order valence-corrected chi connectivity index (χ0v) is 16.4. The van der Waals surface area contributed by atoms with Gasteiger partial charge in [0.15, 0.2) is 6.61 Å². The van der Waals surface area contributed by atoms with Gasteiger partial charge in [-0.1, -0.05) is 37.6 Å². The Bertz CT molecular complexity index is 928. The molecule has 28 heavy (non-hydrogen) atoms. The van der Waals surface area contributed by atoms with Crippen molar-refractivity contribution in [2.75, 3.05) is 6.61 Å². The van der Waals surface area contributed by atoms with E-state index in [0.717, 1.165) is 17.8 Å². The van der Waals surface area contributed by atoms with Crippen molar-refractivity contribution in [3.8, 4) is 11.5 Å². The minimum Gasteiger partial charge on any atom is -0.502 e. The minimum atomic E-state index is -0.766. The minimum absolute atomic E-state index is 0.000497. The van der Waals surface area contributed by atoms with Crippen LogP contribution in [0.1, 0.15) is 36.5 Å². The second kappa shape index (κ2) is 9.18. The van der Waals surface area contributed by atoms with E-state index in [9.17, 15) is 20.0 Å². The highest BCUT2D eigenvalue weighted by Crippen LogP contribution is 2.32. The van der Waals surface area contributed by atoms with Crippen LogP contribution >= 0.6 is 11.6 Å². The van der Waals surface area contributed by atoms with Crippen LogP contribution in [0.5, 0.6) is 11.5 Å². The van der Waals surface area contributed by atoms with Gasteiger partial charge in [-0.3, -0.25) is 14.9 Å². The number of nitro benzene ring substituents is 1. The van der Waals surface area contributed by atoms with Gasteiger partial charge in [0.1, 0.15) is 5.75 Å². The number of carbonyl (C=O) groups is 1. The van der Waals surface area contributed by atoms with E-state index in [2.05, 4.69) is 24.4 Å². The van der Waals surface area contributed by atoms with E-state index in [-0.39, 0.29) is 17.2 Å². The summed E-state index contributed by atoms with van der Waals surface area (Å²) < 4.78 is 5.48. The number of hydrazone groups is 1. The number of amides is 1. The number of aryl methyl sites for hydroxylation is 1. The Labute approximate surface area is 166 Å². The molecule has 9 heteroatoms. The molecule has 0 atom stereocenters. The molecule has 0 aliphatic heterocycles. The van der Waals surface area contributed by atoms with Crippen LogP contribution in [-0.2, 0) is 4.79 Å². The molecule has 0 unspecified atom stereocenters. The maximum absolute atomic E-state index is 11.9. The first kappa shape index (κ1) is 21.2. The summed E-state index contributed by atoms with van der Waals surface area (Å²) in [6.07, 6.45) is 1.06. The number of nitro groups is 1. The van der Waals surface area contributed by atoms with Gasteiger partial charge in [0.2, 0.25) is 5.75 Å². The van der Waals surface area contributed by atoms with Crippen molar-refractivity contribution in [2.45, 2.75) is 26.7 Å². The first-order chi connectivity index (χ1) is 13.2. The molecule has 0 saturated heterocycles. The molecular weight excluding hydrogens is 386 g/mol. The number of phenolic OH excluding ortho intramolecular Hbond substituents is 1. The Balaban J connectivity index is 1.97. The van der Waals surface area contributed by atoms with Crippen LogP contribution in [0.15, 0.2) is 35.4 Å². The van der Waals surface area contributed by atoms with Gasteiger partial charge in [0, 0.05) is 16.7 Å². The highest BCUT2D eigenvalue weighted by molar-refractivity contribution is 6.31. The van der Waals surface area contributed by atoms with Crippen molar-refractivity contribution < 1.29 is 19.6 Å². The number of nitrogens with one attached hydrogen (secondary N) is 1. The molecule has 0 heterocycles. The Morgan fingerprint density at radius 3 is 2.71 bits per heavy atom. The Morgan fingerprint density at radius 2 is 2.11 bits per heavy atom. The van der Waals surface area contributed by atoms with E-state index in [1.54, 1.807) is 0 Å². The predicted octanol–water partition coefficient (Wildman–Crippen LogP) is 3.91. The molecule has 0 fully saturated rings. The van der Waals surface area contributed by atoms with Crippen molar-refractivity contribution in [3.05, 3.63) is 62.2 Å². The summed E-state index contributed by atoms with van der Waals surface area (Å²) >= 11 is 5.79. The first-order valence-electron chi connectivity index (χ1n) is 8.41. The van der Waals surface area contributed by atoms with Gasteiger partial charge in [-0.05, 0) is 36.1 Å². The van der Waals surface area contributed by atoms with Gasteiger partial charge in [-0.15, -0.1) is 0 Å². The summed E-state index contributed by atoms with van der Waals surface area (Å²) in [5.74, 6) is -0.139. The van der Waals surface area contributed by atoms with Crippen LogP contribution in [0.25, 0.3) is 0 Å². The fraction of sp³-hybridized carbons (Fsp3) is 0.263. The smallest absolute Gasteiger partial charge is 0.312 e. The average Bonchev–Trinajstić information content (AvgIpc) is 2.62. The van der Waals surface area contributed by atoms with Crippen molar-refractivity contribution in [1.29, 1.82) is 0 Å². The number of nitrogens with zero attached hydrogens (tertiary/aromatic N) is 2. The lowest BCUT2D eigenvalue weighted by atomic mass is 10.0. The van der Waals surface area contributed by atoms with E-state index >= 15 is 0 Å². The molecule has 2 aromatic carbocycles. The third-order valence-corrected chi connectivity index (χ3v) is 4.12. The molecule has 148 valence electrons. The molecular formula is C19H20ClN3O5. The number of hydrogen-bond donors (Lipinski definition) is 2. The lowest BCUT2D eigenvalue weighted by Gasteiger charge is -2.11. The summed E-state index contributed by atoms with van der Waals surface area (Å²) in [7, 11) is 0. The zero-order chi connectivity index (χ0) is 20.8. The number of rotatable bonds is 7. The Hall–Kier alpha value is -3.13. The standard InChI is InChI=1S/C19H20ClN3O5/c1-11(2)13-4-5-17(12(3)6-13)28-10-18(24)22-21-9-14-7-15(20)8-16(19(14)25)23(26)27/h4-9,11,25H,10H2,1-3H3,(H,22,24)/b21-9-. The average molecular weight is 406 g/mol. The number of aromatic hydroxyl groups is 1. The van der Waals surface area contributed by atoms with E-state index in [1.807, 2.05) is 25.1 Å². The molecule has 0 bridgehead atoms. The van der Waals surface area contributed by atoms with Crippen LogP contribution < -0.4 is 10.2 Å². The summed E-state index contributed by atoms with van der Waals surface area (Å²) in [4.78, 5) is 22.0. The Morgan fingerprint density at radius 1 is 1.39 bits per heavy atom. The number of hydrogen-bond acceptors (Lipinski definition) is 6. The van der Waals surface area contributed by atoms with E-state index in [1.165, 1.54) is 11.6 Å². The molecule has 1 amide bonds. The van der Waals surface area contributed by atoms with Gasteiger partial charge >= 0.3 is 5.69 Å². The maximum Gasteiger partial charge on any atom is 0.312 e. The van der Waals surface area contributed by atoms with Crippen LogP contribution in [0, 0.1) is 17.0 Å². The second-order valence-corrected chi connectivity index (χ2v) is 6.82. The topological polar surface area (TPSA) is 114 Å². The molecule has 0 aliphatic rings. The van der Waals surface area contributed by atoms with Crippen molar-refractivity contribution in [2.24, 2.45) is 5.10 Å². The van der Waals surface area contributed by atoms with E-state index < -0.39 is 22.3 Å². The van der Waals surface area contributed by atoms with Gasteiger partial charge in [-0.25, -0.2) is 5.43 Å². The zero-order valence-electron chi connectivity index (χ0n) is 15.6. The van der Waals surface area contributed by atoms with E-state index in [4.69, 9.17) is 16.3 Å². The predicted molar refractivity (Wildman–Crippen MR) is 106 cm³/mol. The summed E-state index contributed by atoms with van der Waals surface area (Å²) in [6.45, 7) is 5.81. The van der Waals surface area contributed by atoms with E-state index in [0.29, 0.717) is 11.7 Å². The molecule has 0 aromatic heterocycles. The van der Waals surface area contributed by atoms with Crippen LogP contribution in [-0.4, -0.2) is 28.8 Å². The van der Waals surface area contributed by atoms with Crippen LogP contribution in [0.3, 0.4) is 0 Å². The largest absolute Gasteiger partial charge is 0.502 e. The van der Waals surface area contributed by atoms with Gasteiger partial charge in [-0.2, -0.15) is 5.10 Å². The quantitative estimate of drug-likeness (QED) is 0.411. The fourth-order valence-corrected chi connectivity index (χ4v) is 2.61. The van der Waals surface area contributed by atoms with Crippen LogP contribution in [0.2, 0.25) is 5.02 Å². The van der Waals surface area contributed by atoms with Crippen LogP contribution in [0.4, 0.5) is 5.69 Å². The molecule has 0 spiro atoms. The molecule has 0 aliphatic carbocycles. The third-order valence-electron chi connectivity index (χ3n) is 3.90. The lowest BCUT2D eigenvalue weighted by molar-refractivity contribution is -0.385. The van der Waals surface area contributed by atoms with Gasteiger partial charge in [0.25, 0.3) is 5.91 Å². The number of benzene rings is 2. The first-order valence-corrected chi connectivity index (χ1v) is 8.79. The summed E-state index contributed by atoms with van der Waals surface area (Å²) in [5, 5.41) is 24.5. The summed E-state index contributed by atoms with van der Waals surface area (Å²) in [6, 6.07) is 8.07. The molecule has 0 radical (unpaired) electrons. The van der Waals surface area contributed by atoms with Crippen molar-refractivity contribution in [1.82, 2.24) is 5.43 Å². The fourth-order valence-electron chi connectivity index (χ4n) is 2.39. The molecule has 0 saturated carbocycles. The molecule has 2 N–H and O–H groups in total. The normalized spacial score (nSPS) is 11.0. The van der Waals surface area contributed by atoms with Gasteiger partial charge in [0.05, 0.1) is 11.1 Å². The number of carbonyl (C=O) groups excluding carboxylic acids is 1. The molecule has 2 aromatic rings. The molecule has 8 nitrogen and oxygen atoms in total. The highest BCUT2D eigenvalue weighted by Gasteiger charge is 2.17. The monoisotopic (exact) mass is 405 g/mol. The number of ether oxygens (including phenoxy) is 1. The SMILES string of the molecule is Cc1cc(C(C)C)ccc1OCC(=O)N/N=C\c1cc(Cl)cc([N+](=O)[O-])c1O. The van der Waals surface area contributed by atoms with Crippen molar-refractivity contribution in [3.63, 3.8) is 0 Å². The molecule has 2 rings (SSSR count). The summed E-state index contributed by atoms with van der Waals surface area (Å²) in [5.41, 5.74) is 3.77. The number of phenols is 1. The lowest BCUT2D eigenvalue weighted by Crippen LogP contribution is -2.24. The maximum atomic E-state index is 11.9. The second-order valence-electron chi connectivity index (χ2n) is 6.38. The van der Waals surface area contributed by atoms with Gasteiger partial charge < -0.3 is 9.84 Å². The highest BCUT2D eigenvalue weighted by atomic mass is 35.5.